The number of anilines is 2. The van der Waals surface area contributed by atoms with Gasteiger partial charge in [0.25, 0.3) is 5.91 Å². The van der Waals surface area contributed by atoms with Gasteiger partial charge in [-0.15, -0.1) is 11.3 Å². The first-order chi connectivity index (χ1) is 12.3. The fraction of sp³-hybridized carbons (Fsp3) is 0.294. The first kappa shape index (κ1) is 19.8. The number of carbonyl (C=O) groups is 2. The largest absolute Gasteiger partial charge is 0.405 e. The quantitative estimate of drug-likeness (QED) is 0.604. The summed E-state index contributed by atoms with van der Waals surface area (Å²) in [5, 5.41) is 9.35. The van der Waals surface area contributed by atoms with Crippen LogP contribution in [0.4, 0.5) is 24.5 Å². The molecule has 0 aliphatic heterocycles. The summed E-state index contributed by atoms with van der Waals surface area (Å²) in [4.78, 5) is 24.3. The van der Waals surface area contributed by atoms with E-state index in [1.54, 1.807) is 29.6 Å². The van der Waals surface area contributed by atoms with E-state index in [2.05, 4.69) is 16.0 Å². The second kappa shape index (κ2) is 9.23. The molecule has 2 aromatic rings. The van der Waals surface area contributed by atoms with Gasteiger partial charge in [0.1, 0.15) is 6.54 Å². The molecule has 0 bridgehead atoms. The molecule has 0 fully saturated rings. The molecular formula is C17H18F3N3O2S. The van der Waals surface area contributed by atoms with Gasteiger partial charge >= 0.3 is 6.18 Å². The van der Waals surface area contributed by atoms with Crippen LogP contribution in [0.15, 0.2) is 41.8 Å². The van der Waals surface area contributed by atoms with Crippen molar-refractivity contribution in [2.24, 2.45) is 0 Å². The van der Waals surface area contributed by atoms with Crippen LogP contribution in [0, 0.1) is 0 Å². The van der Waals surface area contributed by atoms with Gasteiger partial charge in [-0.3, -0.25) is 9.59 Å². The molecule has 5 nitrogen and oxygen atoms in total. The van der Waals surface area contributed by atoms with Crippen molar-refractivity contribution in [1.82, 2.24) is 5.32 Å². The number of nitrogens with one attached hydrogen (secondary N) is 3. The molecule has 0 spiro atoms. The Labute approximate surface area is 152 Å². The van der Waals surface area contributed by atoms with E-state index < -0.39 is 12.7 Å². The number of amides is 2. The number of thiophene rings is 1. The van der Waals surface area contributed by atoms with Crippen LogP contribution in [0.2, 0.25) is 0 Å². The van der Waals surface area contributed by atoms with E-state index in [0.717, 1.165) is 0 Å². The molecule has 1 heterocycles. The zero-order chi connectivity index (χ0) is 19.0. The van der Waals surface area contributed by atoms with Gasteiger partial charge in [0.05, 0.1) is 16.3 Å². The summed E-state index contributed by atoms with van der Waals surface area (Å²) in [6.07, 6.45) is -3.79. The summed E-state index contributed by atoms with van der Waals surface area (Å²) in [5.41, 5.74) is 0.480. The Morgan fingerprint density at radius 3 is 2.42 bits per heavy atom. The van der Waals surface area contributed by atoms with Gasteiger partial charge in [0.2, 0.25) is 5.91 Å². The van der Waals surface area contributed by atoms with Crippen molar-refractivity contribution in [2.75, 3.05) is 23.7 Å². The maximum Gasteiger partial charge on any atom is 0.405 e. The average Bonchev–Trinajstić information content (AvgIpc) is 3.12. The molecule has 0 radical (unpaired) electrons. The van der Waals surface area contributed by atoms with Crippen LogP contribution in [-0.4, -0.2) is 31.1 Å². The fourth-order valence-electron chi connectivity index (χ4n) is 2.10. The van der Waals surface area contributed by atoms with E-state index >= 15 is 0 Å². The number of para-hydroxylation sites is 2. The van der Waals surface area contributed by atoms with Crippen LogP contribution >= 0.6 is 11.3 Å². The number of carbonyl (C=O) groups excluding carboxylic acids is 2. The molecule has 0 saturated heterocycles. The standard InChI is InChI=1S/C17H18F3N3O2S/c18-17(19,20)11-22-12-5-1-2-6-13(12)23-15(24)8-3-9-21-16(25)14-7-4-10-26-14/h1-2,4-7,10,22H,3,8-9,11H2,(H,21,25)(H,23,24). The van der Waals surface area contributed by atoms with Gasteiger partial charge in [-0.25, -0.2) is 0 Å². The molecule has 0 unspecified atom stereocenters. The van der Waals surface area contributed by atoms with E-state index in [9.17, 15) is 22.8 Å². The summed E-state index contributed by atoms with van der Waals surface area (Å²) in [6.45, 7) is -0.854. The first-order valence-corrected chi connectivity index (χ1v) is 8.74. The van der Waals surface area contributed by atoms with E-state index in [0.29, 0.717) is 17.8 Å². The third-order valence-electron chi connectivity index (χ3n) is 3.29. The lowest BCUT2D eigenvalue weighted by Gasteiger charge is -2.14. The molecule has 0 aliphatic rings. The first-order valence-electron chi connectivity index (χ1n) is 7.86. The van der Waals surface area contributed by atoms with Crippen LogP contribution in [0.1, 0.15) is 22.5 Å². The van der Waals surface area contributed by atoms with Crippen molar-refractivity contribution >= 4 is 34.5 Å². The molecule has 0 aliphatic carbocycles. The van der Waals surface area contributed by atoms with Crippen LogP contribution in [-0.2, 0) is 4.79 Å². The molecule has 140 valence electrons. The second-order valence-corrected chi connectivity index (χ2v) is 6.35. The van der Waals surface area contributed by atoms with Crippen molar-refractivity contribution in [1.29, 1.82) is 0 Å². The Hall–Kier alpha value is -2.55. The van der Waals surface area contributed by atoms with Crippen molar-refractivity contribution in [3.05, 3.63) is 46.7 Å². The summed E-state index contributed by atoms with van der Waals surface area (Å²) < 4.78 is 37.0. The smallest absolute Gasteiger partial charge is 0.375 e. The highest BCUT2D eigenvalue weighted by Gasteiger charge is 2.27. The lowest BCUT2D eigenvalue weighted by Crippen LogP contribution is -2.25. The molecule has 0 atom stereocenters. The van der Waals surface area contributed by atoms with Crippen molar-refractivity contribution in [3.8, 4) is 0 Å². The predicted molar refractivity (Wildman–Crippen MR) is 95.5 cm³/mol. The lowest BCUT2D eigenvalue weighted by molar-refractivity contribution is -0.116. The van der Waals surface area contributed by atoms with Crippen molar-refractivity contribution in [2.45, 2.75) is 19.0 Å². The molecule has 1 aromatic carbocycles. The fourth-order valence-corrected chi connectivity index (χ4v) is 2.74. The molecule has 2 amide bonds. The van der Waals surface area contributed by atoms with E-state index in [1.165, 1.54) is 23.5 Å². The SMILES string of the molecule is O=C(CCCNC(=O)c1cccs1)Nc1ccccc1NCC(F)(F)F. The maximum absolute atomic E-state index is 12.3. The monoisotopic (exact) mass is 385 g/mol. The van der Waals surface area contributed by atoms with E-state index in [-0.39, 0.29) is 29.6 Å². The minimum atomic E-state index is -4.35. The number of halogens is 3. The second-order valence-electron chi connectivity index (χ2n) is 5.40. The Morgan fingerprint density at radius 1 is 1.04 bits per heavy atom. The third-order valence-corrected chi connectivity index (χ3v) is 4.16. The number of benzene rings is 1. The summed E-state index contributed by atoms with van der Waals surface area (Å²) in [7, 11) is 0. The molecule has 26 heavy (non-hydrogen) atoms. The molecule has 1 aromatic heterocycles. The van der Waals surface area contributed by atoms with Gasteiger partial charge in [0, 0.05) is 13.0 Å². The Bertz CT molecular complexity index is 733. The normalized spacial score (nSPS) is 11.0. The third kappa shape index (κ3) is 6.75. The summed E-state index contributed by atoms with van der Waals surface area (Å²) in [6, 6.07) is 9.66. The topological polar surface area (TPSA) is 70.2 Å². The number of alkyl halides is 3. The van der Waals surface area contributed by atoms with Crippen molar-refractivity contribution in [3.63, 3.8) is 0 Å². The molecular weight excluding hydrogens is 367 g/mol. The Kier molecular flexibility index (Phi) is 7.02. The number of hydrogen-bond donors (Lipinski definition) is 3. The van der Waals surface area contributed by atoms with Crippen LogP contribution < -0.4 is 16.0 Å². The Balaban J connectivity index is 1.76. The zero-order valence-electron chi connectivity index (χ0n) is 13.7. The maximum atomic E-state index is 12.3. The van der Waals surface area contributed by atoms with Crippen LogP contribution in [0.5, 0.6) is 0 Å². The van der Waals surface area contributed by atoms with E-state index in [1.807, 2.05) is 0 Å². The molecule has 9 heteroatoms. The minimum Gasteiger partial charge on any atom is -0.375 e. The van der Waals surface area contributed by atoms with Gasteiger partial charge in [-0.2, -0.15) is 13.2 Å². The number of hydrogen-bond acceptors (Lipinski definition) is 4. The highest BCUT2D eigenvalue weighted by atomic mass is 32.1. The molecule has 2 rings (SSSR count). The van der Waals surface area contributed by atoms with Gasteiger partial charge < -0.3 is 16.0 Å². The highest BCUT2D eigenvalue weighted by molar-refractivity contribution is 7.12. The lowest BCUT2D eigenvalue weighted by atomic mass is 10.2. The zero-order valence-corrected chi connectivity index (χ0v) is 14.5. The van der Waals surface area contributed by atoms with Gasteiger partial charge in [0.15, 0.2) is 0 Å². The van der Waals surface area contributed by atoms with Crippen LogP contribution in [0.25, 0.3) is 0 Å². The highest BCUT2D eigenvalue weighted by Crippen LogP contribution is 2.23. The van der Waals surface area contributed by atoms with E-state index in [4.69, 9.17) is 0 Å². The number of rotatable bonds is 8. The van der Waals surface area contributed by atoms with Crippen LogP contribution in [0.3, 0.4) is 0 Å². The van der Waals surface area contributed by atoms with Gasteiger partial charge in [-0.05, 0) is 30.0 Å². The summed E-state index contributed by atoms with van der Waals surface area (Å²) >= 11 is 1.33. The molecule has 3 N–H and O–H groups in total. The predicted octanol–water partition coefficient (Wildman–Crippen LogP) is 3.87. The molecule has 0 saturated carbocycles. The Morgan fingerprint density at radius 2 is 1.77 bits per heavy atom. The van der Waals surface area contributed by atoms with Crippen molar-refractivity contribution < 1.29 is 22.8 Å². The average molecular weight is 385 g/mol. The minimum absolute atomic E-state index is 0.137. The summed E-state index contributed by atoms with van der Waals surface area (Å²) in [5.74, 6) is -0.529. The van der Waals surface area contributed by atoms with Gasteiger partial charge in [-0.1, -0.05) is 18.2 Å².